The zero-order valence-electron chi connectivity index (χ0n) is 9.06. The molecule has 4 heteroatoms. The van der Waals surface area contributed by atoms with Crippen LogP contribution in [0.2, 0.25) is 0 Å². The number of rotatable bonds is 4. The summed E-state index contributed by atoms with van der Waals surface area (Å²) in [6, 6.07) is 3.12. The van der Waals surface area contributed by atoms with Crippen molar-refractivity contribution in [2.24, 2.45) is 5.92 Å². The summed E-state index contributed by atoms with van der Waals surface area (Å²) in [4.78, 5) is 14.6. The van der Waals surface area contributed by atoms with Gasteiger partial charge in [0.15, 0.2) is 0 Å². The summed E-state index contributed by atoms with van der Waals surface area (Å²) < 4.78 is 5.52. The van der Waals surface area contributed by atoms with Crippen LogP contribution in [0.1, 0.15) is 36.0 Å². The molecule has 86 valence electrons. The minimum atomic E-state index is -0.963. The van der Waals surface area contributed by atoms with Crippen LogP contribution in [0.3, 0.4) is 0 Å². The fourth-order valence-corrected chi connectivity index (χ4v) is 1.97. The lowest BCUT2D eigenvalue weighted by Crippen LogP contribution is -2.09. The Morgan fingerprint density at radius 2 is 2.19 bits per heavy atom. The average molecular weight is 221 g/mol. The number of aromatic carboxylic acids is 1. The predicted molar refractivity (Wildman–Crippen MR) is 58.6 cm³/mol. The maximum absolute atomic E-state index is 10.6. The van der Waals surface area contributed by atoms with Crippen molar-refractivity contribution in [1.29, 1.82) is 0 Å². The lowest BCUT2D eigenvalue weighted by atomic mass is 10.1. The number of carboxylic acid groups (broad SMARTS) is 1. The minimum absolute atomic E-state index is 0.188. The molecule has 4 nitrogen and oxygen atoms in total. The van der Waals surface area contributed by atoms with Crippen LogP contribution in [0.15, 0.2) is 18.3 Å². The largest absolute Gasteiger partial charge is 0.478 e. The summed E-state index contributed by atoms with van der Waals surface area (Å²) in [7, 11) is 0. The molecule has 1 aromatic rings. The molecule has 0 radical (unpaired) electrons. The van der Waals surface area contributed by atoms with Crippen LogP contribution in [-0.4, -0.2) is 22.7 Å². The highest BCUT2D eigenvalue weighted by Crippen LogP contribution is 2.25. The van der Waals surface area contributed by atoms with Crippen molar-refractivity contribution < 1.29 is 14.6 Å². The van der Waals surface area contributed by atoms with E-state index in [4.69, 9.17) is 9.84 Å². The first-order valence-corrected chi connectivity index (χ1v) is 5.58. The molecular weight excluding hydrogens is 206 g/mol. The van der Waals surface area contributed by atoms with E-state index in [2.05, 4.69) is 4.98 Å². The van der Waals surface area contributed by atoms with E-state index in [1.54, 1.807) is 6.07 Å². The van der Waals surface area contributed by atoms with Gasteiger partial charge < -0.3 is 9.84 Å². The van der Waals surface area contributed by atoms with Gasteiger partial charge in [0.05, 0.1) is 12.2 Å². The molecule has 0 aromatic carbocycles. The maximum atomic E-state index is 10.6. The van der Waals surface area contributed by atoms with E-state index >= 15 is 0 Å². The fraction of sp³-hybridized carbons (Fsp3) is 0.500. The number of pyridine rings is 1. The molecular formula is C12H15NO3. The number of hydrogen-bond acceptors (Lipinski definition) is 3. The molecule has 0 bridgehead atoms. The fourth-order valence-electron chi connectivity index (χ4n) is 1.97. The predicted octanol–water partition coefficient (Wildman–Crippen LogP) is 2.35. The van der Waals surface area contributed by atoms with Crippen LogP contribution in [0, 0.1) is 5.92 Å². The molecule has 1 aliphatic carbocycles. The van der Waals surface area contributed by atoms with Crippen molar-refractivity contribution >= 4 is 5.97 Å². The van der Waals surface area contributed by atoms with Gasteiger partial charge in [0.1, 0.15) is 0 Å². The van der Waals surface area contributed by atoms with E-state index in [9.17, 15) is 4.79 Å². The molecule has 1 aromatic heterocycles. The van der Waals surface area contributed by atoms with Gasteiger partial charge in [-0.15, -0.1) is 0 Å². The first-order chi connectivity index (χ1) is 7.75. The molecule has 0 atom stereocenters. The Bertz CT molecular complexity index is 355. The van der Waals surface area contributed by atoms with Crippen molar-refractivity contribution in [2.45, 2.75) is 25.7 Å². The first kappa shape index (κ1) is 10.9. The molecule has 16 heavy (non-hydrogen) atoms. The van der Waals surface area contributed by atoms with Crippen molar-refractivity contribution in [2.75, 3.05) is 6.61 Å². The van der Waals surface area contributed by atoms with Gasteiger partial charge in [-0.1, -0.05) is 12.8 Å². The van der Waals surface area contributed by atoms with Crippen LogP contribution in [-0.2, 0) is 0 Å². The van der Waals surface area contributed by atoms with E-state index in [-0.39, 0.29) is 5.56 Å². The van der Waals surface area contributed by atoms with Gasteiger partial charge in [-0.05, 0) is 24.8 Å². The molecule has 1 aliphatic rings. The van der Waals surface area contributed by atoms with Gasteiger partial charge >= 0.3 is 5.97 Å². The lowest BCUT2D eigenvalue weighted by Gasteiger charge is -2.10. The highest BCUT2D eigenvalue weighted by atomic mass is 16.5. The number of carboxylic acids is 1. The van der Waals surface area contributed by atoms with Gasteiger partial charge in [-0.3, -0.25) is 0 Å². The molecule has 1 saturated carbocycles. The Morgan fingerprint density at radius 1 is 1.44 bits per heavy atom. The normalized spacial score (nSPS) is 16.2. The third kappa shape index (κ3) is 2.72. The lowest BCUT2D eigenvalue weighted by molar-refractivity contribution is 0.0696. The average Bonchev–Trinajstić information content (AvgIpc) is 2.80. The van der Waals surface area contributed by atoms with Gasteiger partial charge in [-0.2, -0.15) is 0 Å². The third-order valence-corrected chi connectivity index (χ3v) is 2.92. The Balaban J connectivity index is 1.87. The van der Waals surface area contributed by atoms with Crippen LogP contribution in [0.4, 0.5) is 0 Å². The third-order valence-electron chi connectivity index (χ3n) is 2.92. The minimum Gasteiger partial charge on any atom is -0.478 e. The van der Waals surface area contributed by atoms with E-state index in [1.807, 2.05) is 0 Å². The van der Waals surface area contributed by atoms with Crippen molar-refractivity contribution in [3.63, 3.8) is 0 Å². The molecule has 0 spiro atoms. The molecule has 2 rings (SSSR count). The number of ether oxygens (including phenoxy) is 1. The number of aromatic nitrogens is 1. The molecule has 0 saturated heterocycles. The van der Waals surface area contributed by atoms with Crippen LogP contribution < -0.4 is 4.74 Å². The molecule has 0 unspecified atom stereocenters. The molecule has 1 fully saturated rings. The second-order valence-electron chi connectivity index (χ2n) is 4.15. The second-order valence-corrected chi connectivity index (χ2v) is 4.15. The summed E-state index contributed by atoms with van der Waals surface area (Å²) >= 11 is 0. The number of nitrogens with zero attached hydrogens (tertiary/aromatic N) is 1. The molecule has 0 aliphatic heterocycles. The standard InChI is InChI=1S/C12H15NO3/c14-12(15)10-5-6-11(13-7-10)16-8-9-3-1-2-4-9/h5-7,9H,1-4,8H2,(H,14,15). The molecule has 0 amide bonds. The zero-order chi connectivity index (χ0) is 11.4. The smallest absolute Gasteiger partial charge is 0.337 e. The van der Waals surface area contributed by atoms with Crippen molar-refractivity contribution in [3.05, 3.63) is 23.9 Å². The van der Waals surface area contributed by atoms with Crippen LogP contribution in [0.25, 0.3) is 0 Å². The molecule has 1 N–H and O–H groups in total. The van der Waals surface area contributed by atoms with Gasteiger partial charge in [0, 0.05) is 12.3 Å². The van der Waals surface area contributed by atoms with E-state index in [0.29, 0.717) is 18.4 Å². The SMILES string of the molecule is O=C(O)c1ccc(OCC2CCCC2)nc1. The monoisotopic (exact) mass is 221 g/mol. The maximum Gasteiger partial charge on any atom is 0.337 e. The summed E-state index contributed by atoms with van der Waals surface area (Å²) in [5.41, 5.74) is 0.188. The summed E-state index contributed by atoms with van der Waals surface area (Å²) in [6.07, 6.45) is 6.37. The summed E-state index contributed by atoms with van der Waals surface area (Å²) in [5.74, 6) is 0.188. The summed E-state index contributed by atoms with van der Waals surface area (Å²) in [5, 5.41) is 8.70. The highest BCUT2D eigenvalue weighted by Gasteiger charge is 2.15. The summed E-state index contributed by atoms with van der Waals surface area (Å²) in [6.45, 7) is 0.694. The Kier molecular flexibility index (Phi) is 3.39. The Labute approximate surface area is 94.3 Å². The highest BCUT2D eigenvalue weighted by molar-refractivity contribution is 5.87. The topological polar surface area (TPSA) is 59.4 Å². The number of carbonyl (C=O) groups is 1. The van der Waals surface area contributed by atoms with Gasteiger partial charge in [0.25, 0.3) is 0 Å². The second kappa shape index (κ2) is 4.96. The quantitative estimate of drug-likeness (QED) is 0.847. The van der Waals surface area contributed by atoms with E-state index in [0.717, 1.165) is 0 Å². The van der Waals surface area contributed by atoms with E-state index in [1.165, 1.54) is 37.9 Å². The number of hydrogen-bond donors (Lipinski definition) is 1. The van der Waals surface area contributed by atoms with Gasteiger partial charge in [0.2, 0.25) is 5.88 Å². The molecule has 1 heterocycles. The first-order valence-electron chi connectivity index (χ1n) is 5.58. The van der Waals surface area contributed by atoms with Crippen LogP contribution >= 0.6 is 0 Å². The van der Waals surface area contributed by atoms with Gasteiger partial charge in [-0.25, -0.2) is 9.78 Å². The van der Waals surface area contributed by atoms with Crippen LogP contribution in [0.5, 0.6) is 5.88 Å². The van der Waals surface area contributed by atoms with Crippen molar-refractivity contribution in [3.8, 4) is 5.88 Å². The Hall–Kier alpha value is -1.58. The zero-order valence-corrected chi connectivity index (χ0v) is 9.06. The Morgan fingerprint density at radius 3 is 2.75 bits per heavy atom. The van der Waals surface area contributed by atoms with E-state index < -0.39 is 5.97 Å². The van der Waals surface area contributed by atoms with Crippen molar-refractivity contribution in [1.82, 2.24) is 4.98 Å².